The number of benzene rings is 1. The third-order valence-corrected chi connectivity index (χ3v) is 3.78. The maximum atomic E-state index is 12.3. The Morgan fingerprint density at radius 3 is 2.64 bits per heavy atom. The summed E-state index contributed by atoms with van der Waals surface area (Å²) in [6, 6.07) is 8.91. The van der Waals surface area contributed by atoms with Crippen molar-refractivity contribution in [3.63, 3.8) is 0 Å². The Labute approximate surface area is 131 Å². The summed E-state index contributed by atoms with van der Waals surface area (Å²) < 4.78 is 23.8. The van der Waals surface area contributed by atoms with Gasteiger partial charge in [0.15, 0.2) is 10.9 Å². The van der Waals surface area contributed by atoms with Gasteiger partial charge in [-0.1, -0.05) is 42.1 Å². The Morgan fingerprint density at radius 1 is 1.27 bits per heavy atom. The number of carbonyl (C=O) groups is 1. The van der Waals surface area contributed by atoms with Gasteiger partial charge in [0, 0.05) is 17.5 Å². The third kappa shape index (κ3) is 4.46. The van der Waals surface area contributed by atoms with Gasteiger partial charge >= 0.3 is 0 Å². The quantitative estimate of drug-likeness (QED) is 0.345. The lowest BCUT2D eigenvalue weighted by atomic mass is 10.0. The van der Waals surface area contributed by atoms with E-state index in [0.717, 1.165) is 6.08 Å². The molecule has 0 bridgehead atoms. The molecule has 0 aliphatic carbocycles. The van der Waals surface area contributed by atoms with Crippen molar-refractivity contribution in [2.45, 2.75) is 18.5 Å². The van der Waals surface area contributed by atoms with Crippen molar-refractivity contribution >= 4 is 17.5 Å². The molecule has 0 atom stereocenters. The molecule has 114 valence electrons. The minimum atomic E-state index is -1.68. The first kappa shape index (κ1) is 16.3. The summed E-state index contributed by atoms with van der Waals surface area (Å²) in [6.45, 7) is 1.74. The molecular weight excluding hydrogens is 306 g/mol. The maximum Gasteiger partial charge on any atom is 0.266 e. The zero-order valence-corrected chi connectivity index (χ0v) is 12.7. The number of thioether (sulfide) groups is 1. The third-order valence-electron chi connectivity index (χ3n) is 2.89. The van der Waals surface area contributed by atoms with E-state index in [2.05, 4.69) is 9.97 Å². The van der Waals surface area contributed by atoms with E-state index in [1.807, 2.05) is 6.07 Å². The molecule has 0 saturated heterocycles. The van der Waals surface area contributed by atoms with Crippen LogP contribution in [-0.2, 0) is 0 Å². The van der Waals surface area contributed by atoms with Crippen LogP contribution >= 0.6 is 11.8 Å². The van der Waals surface area contributed by atoms with Crippen molar-refractivity contribution in [2.75, 3.05) is 5.75 Å². The SMILES string of the molecule is Cc1nc(SCCC=C(F)F)ncc1C(=O)c1ccccc1. The Balaban J connectivity index is 2.07. The topological polar surface area (TPSA) is 42.9 Å². The molecule has 0 N–H and O–H groups in total. The van der Waals surface area contributed by atoms with Crippen molar-refractivity contribution < 1.29 is 13.6 Å². The van der Waals surface area contributed by atoms with Crippen molar-refractivity contribution in [1.29, 1.82) is 0 Å². The zero-order valence-electron chi connectivity index (χ0n) is 11.9. The minimum Gasteiger partial charge on any atom is -0.288 e. The number of aryl methyl sites for hydroxylation is 1. The smallest absolute Gasteiger partial charge is 0.266 e. The molecule has 0 aliphatic heterocycles. The molecule has 1 aromatic carbocycles. The lowest BCUT2D eigenvalue weighted by molar-refractivity contribution is 0.103. The van der Waals surface area contributed by atoms with Gasteiger partial charge in [0.25, 0.3) is 6.08 Å². The lowest BCUT2D eigenvalue weighted by Gasteiger charge is -2.06. The average Bonchev–Trinajstić information content (AvgIpc) is 2.52. The standard InChI is InChI=1S/C16H14F2N2OS/c1-11-13(15(21)12-6-3-2-4-7-12)10-19-16(20-11)22-9-5-8-14(17)18/h2-4,6-8,10H,5,9H2,1H3. The van der Waals surface area contributed by atoms with Gasteiger partial charge in [-0.3, -0.25) is 4.79 Å². The molecule has 6 heteroatoms. The van der Waals surface area contributed by atoms with E-state index in [0.29, 0.717) is 27.7 Å². The van der Waals surface area contributed by atoms with E-state index >= 15 is 0 Å². The second kappa shape index (κ2) is 7.79. The van der Waals surface area contributed by atoms with Crippen LogP contribution in [0.2, 0.25) is 0 Å². The molecule has 1 heterocycles. The van der Waals surface area contributed by atoms with Crippen LogP contribution in [-0.4, -0.2) is 21.5 Å². The zero-order chi connectivity index (χ0) is 15.9. The fourth-order valence-electron chi connectivity index (χ4n) is 1.80. The number of nitrogens with zero attached hydrogens (tertiary/aromatic N) is 2. The summed E-state index contributed by atoms with van der Waals surface area (Å²) in [5, 5.41) is 0.481. The van der Waals surface area contributed by atoms with Crippen LogP contribution in [0.4, 0.5) is 8.78 Å². The summed E-state index contributed by atoms with van der Waals surface area (Å²) in [7, 11) is 0. The summed E-state index contributed by atoms with van der Waals surface area (Å²) in [4.78, 5) is 20.7. The van der Waals surface area contributed by atoms with E-state index in [1.54, 1.807) is 31.2 Å². The lowest BCUT2D eigenvalue weighted by Crippen LogP contribution is -2.06. The first-order valence-corrected chi connectivity index (χ1v) is 7.64. The first-order chi connectivity index (χ1) is 10.6. The number of ketones is 1. The van der Waals surface area contributed by atoms with Crippen LogP contribution in [0.3, 0.4) is 0 Å². The predicted molar refractivity (Wildman–Crippen MR) is 82.3 cm³/mol. The molecule has 0 fully saturated rings. The number of allylic oxidation sites excluding steroid dienone is 1. The van der Waals surface area contributed by atoms with Gasteiger partial charge in [-0.25, -0.2) is 9.97 Å². The Bertz CT molecular complexity index is 686. The van der Waals surface area contributed by atoms with Crippen molar-refractivity contribution in [1.82, 2.24) is 9.97 Å². The maximum absolute atomic E-state index is 12.3. The number of halogens is 2. The van der Waals surface area contributed by atoms with Crippen molar-refractivity contribution in [2.24, 2.45) is 0 Å². The highest BCUT2D eigenvalue weighted by Gasteiger charge is 2.13. The van der Waals surface area contributed by atoms with E-state index in [-0.39, 0.29) is 12.2 Å². The Morgan fingerprint density at radius 2 is 2.00 bits per heavy atom. The number of hydrogen-bond donors (Lipinski definition) is 0. The van der Waals surface area contributed by atoms with Gasteiger partial charge in [-0.2, -0.15) is 8.78 Å². The molecule has 3 nitrogen and oxygen atoms in total. The van der Waals surface area contributed by atoms with Gasteiger partial charge in [0.05, 0.1) is 11.3 Å². The second-order valence-electron chi connectivity index (χ2n) is 4.48. The van der Waals surface area contributed by atoms with Crippen LogP contribution in [0, 0.1) is 6.92 Å². The fraction of sp³-hybridized carbons (Fsp3) is 0.188. The Hall–Kier alpha value is -2.08. The summed E-state index contributed by atoms with van der Waals surface area (Å²) in [6.07, 6.45) is 0.931. The molecule has 1 aromatic heterocycles. The van der Waals surface area contributed by atoms with Gasteiger partial charge in [0.1, 0.15) is 0 Å². The number of rotatable bonds is 6. The van der Waals surface area contributed by atoms with Crippen LogP contribution in [0.15, 0.2) is 53.8 Å². The van der Waals surface area contributed by atoms with Crippen LogP contribution in [0.25, 0.3) is 0 Å². The number of carbonyl (C=O) groups excluding carboxylic acids is 1. The molecule has 0 saturated carbocycles. The Kier molecular flexibility index (Phi) is 5.77. The van der Waals surface area contributed by atoms with Gasteiger partial charge in [0.2, 0.25) is 0 Å². The minimum absolute atomic E-state index is 0.128. The molecule has 0 aliphatic rings. The number of aromatic nitrogens is 2. The van der Waals surface area contributed by atoms with Crippen molar-refractivity contribution in [3.8, 4) is 0 Å². The average molecular weight is 320 g/mol. The molecule has 0 spiro atoms. The molecule has 2 aromatic rings. The van der Waals surface area contributed by atoms with E-state index in [4.69, 9.17) is 0 Å². The number of hydrogen-bond acceptors (Lipinski definition) is 4. The highest BCUT2D eigenvalue weighted by molar-refractivity contribution is 7.99. The van der Waals surface area contributed by atoms with Gasteiger partial charge in [-0.15, -0.1) is 0 Å². The first-order valence-electron chi connectivity index (χ1n) is 6.65. The second-order valence-corrected chi connectivity index (χ2v) is 5.54. The van der Waals surface area contributed by atoms with Crippen molar-refractivity contribution in [3.05, 3.63) is 65.5 Å². The van der Waals surface area contributed by atoms with E-state index in [9.17, 15) is 13.6 Å². The molecule has 0 unspecified atom stereocenters. The van der Waals surface area contributed by atoms with Crippen LogP contribution < -0.4 is 0 Å². The highest BCUT2D eigenvalue weighted by atomic mass is 32.2. The monoisotopic (exact) mass is 320 g/mol. The molecule has 2 rings (SSSR count). The van der Waals surface area contributed by atoms with E-state index < -0.39 is 6.08 Å². The fourth-order valence-corrected chi connectivity index (χ4v) is 2.55. The van der Waals surface area contributed by atoms with Crippen LogP contribution in [0.5, 0.6) is 0 Å². The van der Waals surface area contributed by atoms with Gasteiger partial charge < -0.3 is 0 Å². The van der Waals surface area contributed by atoms with Crippen LogP contribution in [0.1, 0.15) is 28.0 Å². The molecule has 0 radical (unpaired) electrons. The largest absolute Gasteiger partial charge is 0.288 e. The molecule has 0 amide bonds. The van der Waals surface area contributed by atoms with E-state index in [1.165, 1.54) is 18.0 Å². The highest BCUT2D eigenvalue weighted by Crippen LogP contribution is 2.18. The molecule has 22 heavy (non-hydrogen) atoms. The van der Waals surface area contributed by atoms with Gasteiger partial charge in [-0.05, 0) is 19.4 Å². The normalized spacial score (nSPS) is 10.3. The summed E-state index contributed by atoms with van der Waals surface area (Å²) >= 11 is 1.28. The summed E-state index contributed by atoms with van der Waals surface area (Å²) in [5.41, 5.74) is 1.61. The predicted octanol–water partition coefficient (Wildman–Crippen LogP) is 4.28. The summed E-state index contributed by atoms with van der Waals surface area (Å²) in [5.74, 6) is 0.333. The molecular formula is C16H14F2N2OS.